The third-order valence-electron chi connectivity index (χ3n) is 4.04. The van der Waals surface area contributed by atoms with Crippen LogP contribution in [0, 0.1) is 0 Å². The molecule has 1 amide bonds. The van der Waals surface area contributed by atoms with Gasteiger partial charge in [-0.25, -0.2) is 4.99 Å². The first-order chi connectivity index (χ1) is 13.1. The zero-order valence-corrected chi connectivity index (χ0v) is 16.8. The fourth-order valence-electron chi connectivity index (χ4n) is 2.69. The Kier molecular flexibility index (Phi) is 5.20. The number of methoxy groups -OCH3 is 1. The predicted octanol–water partition coefficient (Wildman–Crippen LogP) is 5.84. The zero-order valence-electron chi connectivity index (χ0n) is 14.4. The van der Waals surface area contributed by atoms with Crippen molar-refractivity contribution in [3.05, 3.63) is 65.0 Å². The lowest BCUT2D eigenvalue weighted by Gasteiger charge is -2.16. The standard InChI is InChI=1S/C20H15ClN2O2S2/c1-25-17-8-6-16(7-9-17)23-19(24)12-27-20(23)22-15-10-18(26-11-15)13-2-4-14(21)5-3-13/h2-11H,12H2,1H3. The van der Waals surface area contributed by atoms with Crippen LogP contribution in [0.15, 0.2) is 65.0 Å². The molecule has 7 heteroatoms. The Morgan fingerprint density at radius 2 is 1.85 bits per heavy atom. The summed E-state index contributed by atoms with van der Waals surface area (Å²) in [6.07, 6.45) is 0. The minimum absolute atomic E-state index is 0.0251. The number of ether oxygens (including phenoxy) is 1. The number of hydrogen-bond donors (Lipinski definition) is 0. The molecule has 0 aliphatic carbocycles. The molecule has 1 fully saturated rings. The van der Waals surface area contributed by atoms with Crippen molar-refractivity contribution in [2.75, 3.05) is 17.8 Å². The molecule has 0 spiro atoms. The first-order valence-corrected chi connectivity index (χ1v) is 10.4. The average molecular weight is 415 g/mol. The Labute approximate surface area is 170 Å². The molecule has 2 aromatic carbocycles. The van der Waals surface area contributed by atoms with Gasteiger partial charge >= 0.3 is 0 Å². The van der Waals surface area contributed by atoms with E-state index in [4.69, 9.17) is 21.3 Å². The van der Waals surface area contributed by atoms with Gasteiger partial charge in [0.15, 0.2) is 5.17 Å². The topological polar surface area (TPSA) is 41.9 Å². The number of nitrogens with zero attached hydrogens (tertiary/aromatic N) is 2. The van der Waals surface area contributed by atoms with Crippen LogP contribution in [-0.2, 0) is 4.79 Å². The van der Waals surface area contributed by atoms with Gasteiger partial charge in [0, 0.05) is 15.3 Å². The molecule has 4 nitrogen and oxygen atoms in total. The molecule has 0 radical (unpaired) electrons. The summed E-state index contributed by atoms with van der Waals surface area (Å²) in [5.41, 5.74) is 2.72. The van der Waals surface area contributed by atoms with E-state index in [1.54, 1.807) is 23.3 Å². The van der Waals surface area contributed by atoms with Gasteiger partial charge in [-0.15, -0.1) is 11.3 Å². The molecule has 1 aliphatic heterocycles. The smallest absolute Gasteiger partial charge is 0.243 e. The summed E-state index contributed by atoms with van der Waals surface area (Å²) in [5.74, 6) is 1.16. The Bertz CT molecular complexity index is 998. The van der Waals surface area contributed by atoms with Crippen molar-refractivity contribution in [1.29, 1.82) is 0 Å². The molecule has 2 heterocycles. The van der Waals surface area contributed by atoms with Gasteiger partial charge in [-0.1, -0.05) is 35.5 Å². The van der Waals surface area contributed by atoms with Gasteiger partial charge in [-0.05, 0) is 48.0 Å². The molecule has 3 aromatic rings. The second kappa shape index (κ2) is 7.76. The van der Waals surface area contributed by atoms with Crippen LogP contribution in [0.2, 0.25) is 5.02 Å². The van der Waals surface area contributed by atoms with Crippen LogP contribution < -0.4 is 9.64 Å². The first kappa shape index (κ1) is 18.1. The third kappa shape index (κ3) is 3.88. The fourth-order valence-corrected chi connectivity index (χ4v) is 4.53. The van der Waals surface area contributed by atoms with Crippen molar-refractivity contribution >= 4 is 57.1 Å². The molecule has 1 saturated heterocycles. The highest BCUT2D eigenvalue weighted by atomic mass is 35.5. The highest BCUT2D eigenvalue weighted by Crippen LogP contribution is 2.35. The van der Waals surface area contributed by atoms with Crippen molar-refractivity contribution in [2.24, 2.45) is 4.99 Å². The van der Waals surface area contributed by atoms with Gasteiger partial charge < -0.3 is 4.74 Å². The number of halogens is 1. The number of benzene rings is 2. The summed E-state index contributed by atoms with van der Waals surface area (Å²) in [7, 11) is 1.62. The molecular weight excluding hydrogens is 400 g/mol. The lowest BCUT2D eigenvalue weighted by molar-refractivity contribution is -0.115. The van der Waals surface area contributed by atoms with Gasteiger partial charge in [0.05, 0.1) is 24.2 Å². The van der Waals surface area contributed by atoms with Gasteiger partial charge in [-0.2, -0.15) is 0 Å². The summed E-state index contributed by atoms with van der Waals surface area (Å²) in [6.45, 7) is 0. The number of anilines is 1. The van der Waals surface area contributed by atoms with Gasteiger partial charge in [-0.3, -0.25) is 9.69 Å². The normalized spacial score (nSPS) is 15.6. The highest BCUT2D eigenvalue weighted by Gasteiger charge is 2.29. The third-order valence-corrected chi connectivity index (χ3v) is 6.18. The molecule has 1 aromatic heterocycles. The quantitative estimate of drug-likeness (QED) is 0.538. The number of carbonyl (C=O) groups excluding carboxylic acids is 1. The lowest BCUT2D eigenvalue weighted by atomic mass is 10.2. The maximum absolute atomic E-state index is 12.4. The number of amides is 1. The fraction of sp³-hybridized carbons (Fsp3) is 0.100. The summed E-state index contributed by atoms with van der Waals surface area (Å²) in [5, 5.41) is 3.39. The maximum Gasteiger partial charge on any atom is 0.243 e. The van der Waals surface area contributed by atoms with Crippen LogP contribution in [0.4, 0.5) is 11.4 Å². The van der Waals surface area contributed by atoms with E-state index in [9.17, 15) is 4.79 Å². The number of rotatable bonds is 4. The van der Waals surface area contributed by atoms with Crippen LogP contribution in [0.3, 0.4) is 0 Å². The van der Waals surface area contributed by atoms with Crippen LogP contribution in [0.1, 0.15) is 0 Å². The number of thiophene rings is 1. The lowest BCUT2D eigenvalue weighted by Crippen LogP contribution is -2.28. The molecule has 0 saturated carbocycles. The Morgan fingerprint density at radius 1 is 1.11 bits per heavy atom. The molecular formula is C20H15ClN2O2S2. The summed E-state index contributed by atoms with van der Waals surface area (Å²) in [6, 6.07) is 17.2. The van der Waals surface area contributed by atoms with E-state index in [0.29, 0.717) is 15.9 Å². The second-order valence-electron chi connectivity index (χ2n) is 5.79. The average Bonchev–Trinajstić information content (AvgIpc) is 3.30. The molecule has 1 aliphatic rings. The van der Waals surface area contributed by atoms with Crippen LogP contribution >= 0.6 is 34.7 Å². The highest BCUT2D eigenvalue weighted by molar-refractivity contribution is 8.15. The minimum atomic E-state index is 0.0251. The number of amidine groups is 1. The minimum Gasteiger partial charge on any atom is -0.497 e. The number of aliphatic imine (C=N–C) groups is 1. The Morgan fingerprint density at radius 3 is 2.56 bits per heavy atom. The van der Waals surface area contributed by atoms with E-state index >= 15 is 0 Å². The molecule has 0 bridgehead atoms. The molecule has 0 unspecified atom stereocenters. The van der Waals surface area contributed by atoms with Gasteiger partial charge in [0.2, 0.25) is 5.91 Å². The van der Waals surface area contributed by atoms with E-state index in [0.717, 1.165) is 27.6 Å². The Hall–Kier alpha value is -2.28. The summed E-state index contributed by atoms with van der Waals surface area (Å²) in [4.78, 5) is 19.8. The van der Waals surface area contributed by atoms with E-state index in [1.807, 2.05) is 60.0 Å². The Balaban J connectivity index is 1.62. The van der Waals surface area contributed by atoms with E-state index < -0.39 is 0 Å². The monoisotopic (exact) mass is 414 g/mol. The van der Waals surface area contributed by atoms with Crippen LogP contribution in [-0.4, -0.2) is 23.9 Å². The van der Waals surface area contributed by atoms with E-state index in [-0.39, 0.29) is 5.91 Å². The molecule has 0 atom stereocenters. The predicted molar refractivity (Wildman–Crippen MR) is 115 cm³/mol. The number of hydrogen-bond acceptors (Lipinski definition) is 5. The number of thioether (sulfide) groups is 1. The molecule has 136 valence electrons. The molecule has 0 N–H and O–H groups in total. The van der Waals surface area contributed by atoms with E-state index in [2.05, 4.69) is 0 Å². The van der Waals surface area contributed by atoms with E-state index in [1.165, 1.54) is 11.8 Å². The number of carbonyl (C=O) groups is 1. The largest absolute Gasteiger partial charge is 0.497 e. The van der Waals surface area contributed by atoms with Crippen molar-refractivity contribution < 1.29 is 9.53 Å². The van der Waals surface area contributed by atoms with Crippen molar-refractivity contribution in [3.8, 4) is 16.2 Å². The van der Waals surface area contributed by atoms with Crippen LogP contribution in [0.25, 0.3) is 10.4 Å². The van der Waals surface area contributed by atoms with Crippen molar-refractivity contribution in [1.82, 2.24) is 0 Å². The maximum atomic E-state index is 12.4. The zero-order chi connectivity index (χ0) is 18.8. The van der Waals surface area contributed by atoms with Crippen LogP contribution in [0.5, 0.6) is 5.75 Å². The SMILES string of the molecule is COc1ccc(N2C(=O)CSC2=Nc2csc(-c3ccc(Cl)cc3)c2)cc1. The molecule has 27 heavy (non-hydrogen) atoms. The molecule has 4 rings (SSSR count). The van der Waals surface area contributed by atoms with Crippen molar-refractivity contribution in [3.63, 3.8) is 0 Å². The first-order valence-electron chi connectivity index (χ1n) is 8.17. The van der Waals surface area contributed by atoms with Crippen molar-refractivity contribution in [2.45, 2.75) is 0 Å². The summed E-state index contributed by atoms with van der Waals surface area (Å²) >= 11 is 9.02. The summed E-state index contributed by atoms with van der Waals surface area (Å²) < 4.78 is 5.19. The second-order valence-corrected chi connectivity index (χ2v) is 8.08. The van der Waals surface area contributed by atoms with Gasteiger partial charge in [0.25, 0.3) is 0 Å². The van der Waals surface area contributed by atoms with Gasteiger partial charge in [0.1, 0.15) is 5.75 Å².